The molecular weight excluding hydrogens is 136 g/mol. The van der Waals surface area contributed by atoms with Gasteiger partial charge in [0.1, 0.15) is 0 Å². The Bertz CT molecular complexity index is 127. The van der Waals surface area contributed by atoms with E-state index in [9.17, 15) is 0 Å². The van der Waals surface area contributed by atoms with Gasteiger partial charge in [0.25, 0.3) is 0 Å². The summed E-state index contributed by atoms with van der Waals surface area (Å²) in [7, 11) is -0.838. The molecule has 0 aromatic heterocycles. The van der Waals surface area contributed by atoms with Crippen LogP contribution in [0.2, 0.25) is 24.7 Å². The molecule has 0 amide bonds. The number of allylic oxidation sites excluding steroid dienone is 1. The van der Waals surface area contributed by atoms with Crippen molar-refractivity contribution in [2.45, 2.75) is 43.9 Å². The number of hydrogen-bond donors (Lipinski definition) is 0. The maximum Gasteiger partial charge on any atom is 0.0543 e. The lowest BCUT2D eigenvalue weighted by Crippen LogP contribution is -2.33. The minimum absolute atomic E-state index is 0.838. The normalized spacial score (nSPS) is 31.6. The molecular formula is C9H18Si. The first-order valence-electron chi connectivity index (χ1n) is 4.29. The van der Waals surface area contributed by atoms with Gasteiger partial charge in [0.2, 0.25) is 0 Å². The predicted octanol–water partition coefficient (Wildman–Crippen LogP) is 3.43. The zero-order valence-electron chi connectivity index (χ0n) is 7.19. The fourth-order valence-corrected chi connectivity index (χ4v) is 5.11. The summed E-state index contributed by atoms with van der Waals surface area (Å²) in [6, 6.07) is 1.52. The Morgan fingerprint density at radius 2 is 2.10 bits per heavy atom. The maximum atomic E-state index is 3.91. The molecule has 1 rings (SSSR count). The molecule has 0 radical (unpaired) electrons. The summed E-state index contributed by atoms with van der Waals surface area (Å²) in [6.45, 7) is 8.91. The van der Waals surface area contributed by atoms with E-state index in [0.717, 1.165) is 5.54 Å². The molecule has 1 unspecified atom stereocenters. The van der Waals surface area contributed by atoms with Gasteiger partial charge in [-0.15, -0.1) is 6.58 Å². The maximum absolute atomic E-state index is 3.91. The smallest absolute Gasteiger partial charge is 0.0543 e. The van der Waals surface area contributed by atoms with Crippen LogP contribution in [0.4, 0.5) is 0 Å². The highest BCUT2D eigenvalue weighted by molar-refractivity contribution is 6.79. The highest BCUT2D eigenvalue weighted by atomic mass is 28.3. The highest BCUT2D eigenvalue weighted by Crippen LogP contribution is 2.37. The van der Waals surface area contributed by atoms with E-state index in [2.05, 4.69) is 25.7 Å². The van der Waals surface area contributed by atoms with Gasteiger partial charge in [0.15, 0.2) is 0 Å². The Morgan fingerprint density at radius 1 is 1.40 bits per heavy atom. The molecule has 0 nitrogen and oxygen atoms in total. The Balaban J connectivity index is 2.59. The molecule has 0 spiro atoms. The van der Waals surface area contributed by atoms with Crippen molar-refractivity contribution in [2.24, 2.45) is 0 Å². The van der Waals surface area contributed by atoms with Crippen molar-refractivity contribution in [3.63, 3.8) is 0 Å². The van der Waals surface area contributed by atoms with Gasteiger partial charge in [-0.2, -0.15) is 0 Å². The summed E-state index contributed by atoms with van der Waals surface area (Å²) in [5.41, 5.74) is 0.904. The molecule has 1 fully saturated rings. The van der Waals surface area contributed by atoms with Gasteiger partial charge in [-0.3, -0.25) is 0 Å². The lowest BCUT2D eigenvalue weighted by atomic mass is 10.2. The lowest BCUT2D eigenvalue weighted by molar-refractivity contribution is 0.664. The van der Waals surface area contributed by atoms with Gasteiger partial charge >= 0.3 is 0 Å². The molecule has 1 atom stereocenters. The number of hydrogen-bond acceptors (Lipinski definition) is 0. The van der Waals surface area contributed by atoms with E-state index < -0.39 is 8.07 Å². The zero-order chi connectivity index (χ0) is 7.61. The SMILES string of the molecule is C=CC1CCCC[Si]1(C)C. The van der Waals surface area contributed by atoms with E-state index in [1.54, 1.807) is 0 Å². The van der Waals surface area contributed by atoms with Crippen LogP contribution in [0.15, 0.2) is 12.7 Å². The van der Waals surface area contributed by atoms with Crippen molar-refractivity contribution in [2.75, 3.05) is 0 Å². The third kappa shape index (κ3) is 1.51. The van der Waals surface area contributed by atoms with Crippen LogP contribution < -0.4 is 0 Å². The molecule has 1 heteroatoms. The summed E-state index contributed by atoms with van der Waals surface area (Å²) in [5, 5.41) is 0. The first-order valence-corrected chi connectivity index (χ1v) is 7.58. The topological polar surface area (TPSA) is 0 Å². The van der Waals surface area contributed by atoms with Crippen molar-refractivity contribution >= 4 is 8.07 Å². The molecule has 0 bridgehead atoms. The van der Waals surface area contributed by atoms with Crippen molar-refractivity contribution in [3.8, 4) is 0 Å². The van der Waals surface area contributed by atoms with E-state index in [-0.39, 0.29) is 0 Å². The zero-order valence-corrected chi connectivity index (χ0v) is 8.19. The molecule has 58 valence electrons. The standard InChI is InChI=1S/C9H18Si/c1-4-9-7-5-6-8-10(9,2)3/h4,9H,1,5-8H2,2-3H3. The Morgan fingerprint density at radius 3 is 2.50 bits per heavy atom. The summed E-state index contributed by atoms with van der Waals surface area (Å²) in [6.07, 6.45) is 6.53. The average Bonchev–Trinajstić information content (AvgIpc) is 1.87. The van der Waals surface area contributed by atoms with Crippen molar-refractivity contribution in [3.05, 3.63) is 12.7 Å². The second kappa shape index (κ2) is 2.91. The molecule has 1 heterocycles. The number of rotatable bonds is 1. The van der Waals surface area contributed by atoms with Gasteiger partial charge in [0, 0.05) is 0 Å². The van der Waals surface area contributed by atoms with Crippen LogP contribution >= 0.6 is 0 Å². The fourth-order valence-electron chi connectivity index (χ4n) is 1.96. The van der Waals surface area contributed by atoms with Crippen LogP contribution in [-0.2, 0) is 0 Å². The van der Waals surface area contributed by atoms with Crippen LogP contribution in [-0.4, -0.2) is 8.07 Å². The molecule has 0 aromatic carbocycles. The third-order valence-electron chi connectivity index (χ3n) is 2.87. The summed E-state index contributed by atoms with van der Waals surface area (Å²) >= 11 is 0. The van der Waals surface area contributed by atoms with Crippen molar-refractivity contribution in [1.29, 1.82) is 0 Å². The average molecular weight is 154 g/mol. The van der Waals surface area contributed by atoms with Crippen LogP contribution in [0, 0.1) is 0 Å². The quantitative estimate of drug-likeness (QED) is 0.401. The minimum atomic E-state index is -0.838. The van der Waals surface area contributed by atoms with Gasteiger partial charge in [-0.1, -0.05) is 38.1 Å². The molecule has 10 heavy (non-hydrogen) atoms. The van der Waals surface area contributed by atoms with Gasteiger partial charge in [-0.25, -0.2) is 0 Å². The minimum Gasteiger partial charge on any atom is -0.103 e. The lowest BCUT2D eigenvalue weighted by Gasteiger charge is -2.34. The van der Waals surface area contributed by atoms with Crippen LogP contribution in [0.5, 0.6) is 0 Å². The third-order valence-corrected chi connectivity index (χ3v) is 7.05. The molecule has 1 aliphatic rings. The first kappa shape index (κ1) is 8.06. The summed E-state index contributed by atoms with van der Waals surface area (Å²) in [5.74, 6) is 0. The largest absolute Gasteiger partial charge is 0.103 e. The van der Waals surface area contributed by atoms with E-state index in [1.165, 1.54) is 25.3 Å². The molecule has 0 saturated carbocycles. The summed E-state index contributed by atoms with van der Waals surface area (Å²) < 4.78 is 0. The monoisotopic (exact) mass is 154 g/mol. The van der Waals surface area contributed by atoms with Gasteiger partial charge in [0.05, 0.1) is 8.07 Å². The van der Waals surface area contributed by atoms with Gasteiger partial charge in [-0.05, 0) is 12.0 Å². The van der Waals surface area contributed by atoms with Crippen molar-refractivity contribution in [1.82, 2.24) is 0 Å². The molecule has 1 aliphatic heterocycles. The molecule has 0 N–H and O–H groups in total. The first-order chi connectivity index (χ1) is 4.67. The second-order valence-electron chi connectivity index (χ2n) is 4.08. The van der Waals surface area contributed by atoms with E-state index in [0.29, 0.717) is 0 Å². The van der Waals surface area contributed by atoms with Crippen molar-refractivity contribution < 1.29 is 0 Å². The molecule has 0 aliphatic carbocycles. The van der Waals surface area contributed by atoms with Crippen LogP contribution in [0.1, 0.15) is 19.3 Å². The molecule has 1 saturated heterocycles. The van der Waals surface area contributed by atoms with E-state index in [4.69, 9.17) is 0 Å². The van der Waals surface area contributed by atoms with E-state index >= 15 is 0 Å². The Labute approximate surface area is 65.3 Å². The van der Waals surface area contributed by atoms with Gasteiger partial charge < -0.3 is 0 Å². The predicted molar refractivity (Wildman–Crippen MR) is 50.1 cm³/mol. The second-order valence-corrected chi connectivity index (χ2v) is 9.30. The Kier molecular flexibility index (Phi) is 2.35. The fraction of sp³-hybridized carbons (Fsp3) is 0.778. The molecule has 0 aromatic rings. The summed E-state index contributed by atoms with van der Waals surface area (Å²) in [4.78, 5) is 0. The van der Waals surface area contributed by atoms with Crippen LogP contribution in [0.25, 0.3) is 0 Å². The van der Waals surface area contributed by atoms with Crippen LogP contribution in [0.3, 0.4) is 0 Å². The highest BCUT2D eigenvalue weighted by Gasteiger charge is 2.31. The van der Waals surface area contributed by atoms with E-state index in [1.807, 2.05) is 0 Å². The Hall–Kier alpha value is -0.0431.